The van der Waals surface area contributed by atoms with Gasteiger partial charge in [-0.05, 0) is 53.6 Å². The molecule has 1 aromatic rings. The van der Waals surface area contributed by atoms with E-state index in [2.05, 4.69) is 58.9 Å². The van der Waals surface area contributed by atoms with Crippen LogP contribution in [0.25, 0.3) is 0 Å². The summed E-state index contributed by atoms with van der Waals surface area (Å²) in [4.78, 5) is 0. The molecule has 0 N–H and O–H groups in total. The van der Waals surface area contributed by atoms with Crippen molar-refractivity contribution in [2.24, 2.45) is 17.8 Å². The summed E-state index contributed by atoms with van der Waals surface area (Å²) in [6.45, 7) is 11.9. The molecular formula is C26H46Fe. The zero-order chi connectivity index (χ0) is 17.5. The molecular weight excluding hydrogens is 368 g/mol. The molecule has 3 rings (SSSR count). The van der Waals surface area contributed by atoms with Crippen molar-refractivity contribution in [2.45, 2.75) is 97.8 Å². The van der Waals surface area contributed by atoms with E-state index in [0.29, 0.717) is 5.92 Å². The van der Waals surface area contributed by atoms with Gasteiger partial charge in [0.2, 0.25) is 0 Å². The topological polar surface area (TPSA) is 0 Å². The largest absolute Gasteiger partial charge is 2.00 e. The van der Waals surface area contributed by atoms with Crippen LogP contribution in [0.2, 0.25) is 0 Å². The summed E-state index contributed by atoms with van der Waals surface area (Å²) in [5.41, 5.74) is 3.22. The molecule has 27 heavy (non-hydrogen) atoms. The zero-order valence-corrected chi connectivity index (χ0v) is 20.3. The Morgan fingerprint density at radius 1 is 0.741 bits per heavy atom. The second-order valence-corrected chi connectivity index (χ2v) is 8.86. The predicted octanol–water partition coefficient (Wildman–Crippen LogP) is 8.83. The van der Waals surface area contributed by atoms with Crippen molar-refractivity contribution >= 4 is 0 Å². The SMILES string of the molecule is C1CCCC1.CC(C)c1ccccc1C1CCCC1C(C)C(C)C.[CH3-].[CH3-].[Fe+2]. The van der Waals surface area contributed by atoms with E-state index in [1.165, 1.54) is 51.4 Å². The Labute approximate surface area is 182 Å². The van der Waals surface area contributed by atoms with E-state index in [4.69, 9.17) is 0 Å². The van der Waals surface area contributed by atoms with Gasteiger partial charge in [-0.15, -0.1) is 0 Å². The summed E-state index contributed by atoms with van der Waals surface area (Å²) in [5, 5.41) is 0. The fourth-order valence-electron chi connectivity index (χ4n) is 4.76. The average molecular weight is 414 g/mol. The molecule has 0 heterocycles. The molecule has 0 spiro atoms. The van der Waals surface area contributed by atoms with E-state index in [0.717, 1.165) is 23.7 Å². The fourth-order valence-corrected chi connectivity index (χ4v) is 4.76. The smallest absolute Gasteiger partial charge is 0.358 e. The van der Waals surface area contributed by atoms with Crippen LogP contribution in [0, 0.1) is 32.6 Å². The van der Waals surface area contributed by atoms with Crippen molar-refractivity contribution in [3.8, 4) is 0 Å². The van der Waals surface area contributed by atoms with Gasteiger partial charge in [0, 0.05) is 0 Å². The van der Waals surface area contributed by atoms with Crippen LogP contribution in [0.15, 0.2) is 24.3 Å². The first-order valence-electron chi connectivity index (χ1n) is 10.6. The van der Waals surface area contributed by atoms with E-state index in [-0.39, 0.29) is 31.9 Å². The van der Waals surface area contributed by atoms with Crippen molar-refractivity contribution in [1.29, 1.82) is 0 Å². The van der Waals surface area contributed by atoms with Gasteiger partial charge in [-0.1, -0.05) is 97.4 Å². The summed E-state index contributed by atoms with van der Waals surface area (Å²) in [6.07, 6.45) is 11.7. The van der Waals surface area contributed by atoms with Crippen LogP contribution < -0.4 is 0 Å². The summed E-state index contributed by atoms with van der Waals surface area (Å²) >= 11 is 0. The van der Waals surface area contributed by atoms with Crippen LogP contribution in [-0.2, 0) is 17.1 Å². The van der Waals surface area contributed by atoms with Crippen LogP contribution >= 0.6 is 0 Å². The molecule has 0 nitrogen and oxygen atoms in total. The van der Waals surface area contributed by atoms with Crippen LogP contribution in [-0.4, -0.2) is 0 Å². The fraction of sp³-hybridized carbons (Fsp3) is 0.692. The maximum atomic E-state index is 2.46. The van der Waals surface area contributed by atoms with E-state index in [9.17, 15) is 0 Å². The Morgan fingerprint density at radius 3 is 1.74 bits per heavy atom. The molecule has 0 aliphatic heterocycles. The number of hydrogen-bond donors (Lipinski definition) is 0. The Kier molecular flexibility index (Phi) is 15.8. The first-order valence-corrected chi connectivity index (χ1v) is 10.6. The van der Waals surface area contributed by atoms with Crippen LogP contribution in [0.4, 0.5) is 0 Å². The first-order chi connectivity index (χ1) is 11.5. The Hall–Kier alpha value is -0.261. The number of rotatable bonds is 4. The summed E-state index contributed by atoms with van der Waals surface area (Å²) in [5.74, 6) is 3.98. The Morgan fingerprint density at radius 2 is 1.26 bits per heavy atom. The van der Waals surface area contributed by atoms with Gasteiger partial charge in [-0.3, -0.25) is 0 Å². The van der Waals surface area contributed by atoms with E-state index < -0.39 is 0 Å². The second-order valence-electron chi connectivity index (χ2n) is 8.86. The van der Waals surface area contributed by atoms with Gasteiger partial charge in [-0.25, -0.2) is 0 Å². The van der Waals surface area contributed by atoms with Gasteiger partial charge in [0.15, 0.2) is 0 Å². The molecule has 2 fully saturated rings. The minimum atomic E-state index is 0. The molecule has 1 aromatic carbocycles. The van der Waals surface area contributed by atoms with Gasteiger partial charge >= 0.3 is 17.1 Å². The van der Waals surface area contributed by atoms with Gasteiger partial charge in [0.05, 0.1) is 0 Å². The van der Waals surface area contributed by atoms with Crippen LogP contribution in [0.1, 0.15) is 109 Å². The summed E-state index contributed by atoms with van der Waals surface area (Å²) in [6, 6.07) is 9.17. The molecule has 0 aromatic heterocycles. The van der Waals surface area contributed by atoms with Crippen molar-refractivity contribution in [2.75, 3.05) is 0 Å². The third-order valence-corrected chi connectivity index (χ3v) is 6.56. The van der Waals surface area contributed by atoms with Gasteiger partial charge in [0.25, 0.3) is 0 Å². The molecule has 158 valence electrons. The third-order valence-electron chi connectivity index (χ3n) is 6.56. The standard InChI is InChI=1S/C19H30.C5H10.2CH3.Fe/c1-13(2)15(5)17-11-8-12-19(17)18-10-7-6-9-16(18)14(3)4;1-2-4-5-3-1;;;/h6-7,9-10,13-15,17,19H,8,11-12H2,1-5H3;1-5H2;2*1H3;/q;;2*-1;+2. The molecule has 2 aliphatic carbocycles. The van der Waals surface area contributed by atoms with E-state index in [1.807, 2.05) is 0 Å². The molecule has 2 aliphatic rings. The monoisotopic (exact) mass is 414 g/mol. The molecule has 3 unspecified atom stereocenters. The molecule has 0 radical (unpaired) electrons. The van der Waals surface area contributed by atoms with Gasteiger partial charge in [0.1, 0.15) is 0 Å². The normalized spacial score (nSPS) is 22.2. The summed E-state index contributed by atoms with van der Waals surface area (Å²) in [7, 11) is 0. The number of benzene rings is 1. The van der Waals surface area contributed by atoms with E-state index >= 15 is 0 Å². The van der Waals surface area contributed by atoms with Gasteiger partial charge in [-0.2, -0.15) is 0 Å². The van der Waals surface area contributed by atoms with Crippen molar-refractivity contribution < 1.29 is 17.1 Å². The van der Waals surface area contributed by atoms with Gasteiger partial charge < -0.3 is 14.9 Å². The molecule has 0 amide bonds. The molecule has 0 saturated heterocycles. The maximum absolute atomic E-state index is 2.46. The minimum absolute atomic E-state index is 0. The molecule has 3 atom stereocenters. The van der Waals surface area contributed by atoms with Crippen molar-refractivity contribution in [3.63, 3.8) is 0 Å². The molecule has 0 bridgehead atoms. The Balaban J connectivity index is 0. The van der Waals surface area contributed by atoms with Crippen molar-refractivity contribution in [1.82, 2.24) is 0 Å². The second kappa shape index (κ2) is 14.7. The zero-order valence-electron chi connectivity index (χ0n) is 19.2. The third kappa shape index (κ3) is 8.33. The van der Waals surface area contributed by atoms with Crippen molar-refractivity contribution in [3.05, 3.63) is 50.2 Å². The molecule has 2 saturated carbocycles. The minimum Gasteiger partial charge on any atom is -0.358 e. The summed E-state index contributed by atoms with van der Waals surface area (Å²) < 4.78 is 0. The number of hydrogen-bond acceptors (Lipinski definition) is 0. The molecule has 1 heteroatoms. The average Bonchev–Trinajstić information content (AvgIpc) is 3.28. The maximum Gasteiger partial charge on any atom is 2.00 e. The van der Waals surface area contributed by atoms with Crippen LogP contribution in [0.3, 0.4) is 0 Å². The Bertz CT molecular complexity index is 465. The predicted molar refractivity (Wildman–Crippen MR) is 121 cm³/mol. The first kappa shape index (κ1) is 28.9. The van der Waals surface area contributed by atoms with E-state index in [1.54, 1.807) is 11.1 Å². The van der Waals surface area contributed by atoms with Crippen LogP contribution in [0.5, 0.6) is 0 Å². The quantitative estimate of drug-likeness (QED) is 0.341.